The number of methoxy groups -OCH3 is 1. The molecule has 0 fully saturated rings. The molecule has 0 saturated heterocycles. The highest BCUT2D eigenvalue weighted by molar-refractivity contribution is 5.52. The fraction of sp³-hybridized carbons (Fsp3) is 0.455. The fourth-order valence-electron chi connectivity index (χ4n) is 1.71. The van der Waals surface area contributed by atoms with Crippen LogP contribution in [0.4, 0.5) is 4.39 Å². The van der Waals surface area contributed by atoms with Crippen molar-refractivity contribution in [3.05, 3.63) is 23.0 Å². The van der Waals surface area contributed by atoms with E-state index < -0.39 is 11.4 Å². The molecule has 4 heteroatoms. The first-order chi connectivity index (χ1) is 6.79. The van der Waals surface area contributed by atoms with Gasteiger partial charge in [0.05, 0.1) is 12.7 Å². The van der Waals surface area contributed by atoms with Crippen molar-refractivity contribution in [3.8, 4) is 11.5 Å². The van der Waals surface area contributed by atoms with Crippen molar-refractivity contribution < 1.29 is 19.3 Å². The van der Waals surface area contributed by atoms with Crippen LogP contribution >= 0.6 is 0 Å². The van der Waals surface area contributed by atoms with Gasteiger partial charge in [-0.25, -0.2) is 4.39 Å². The van der Waals surface area contributed by atoms with Gasteiger partial charge >= 0.3 is 0 Å². The summed E-state index contributed by atoms with van der Waals surface area (Å²) in [4.78, 5) is 0. The van der Waals surface area contributed by atoms with Crippen LogP contribution < -0.4 is 4.74 Å². The summed E-state index contributed by atoms with van der Waals surface area (Å²) in [6.07, 6.45) is 0. The Morgan fingerprint density at radius 2 is 1.93 bits per heavy atom. The molecule has 0 aliphatic carbocycles. The molecule has 0 atom stereocenters. The van der Waals surface area contributed by atoms with E-state index in [0.29, 0.717) is 5.56 Å². The number of benzene rings is 1. The Morgan fingerprint density at radius 1 is 1.40 bits per heavy atom. The second kappa shape index (κ2) is 3.70. The van der Waals surface area contributed by atoms with Crippen molar-refractivity contribution in [2.24, 2.45) is 0 Å². The molecule has 0 unspecified atom stereocenters. The molecule has 0 saturated carbocycles. The van der Waals surface area contributed by atoms with Crippen LogP contribution in [0.25, 0.3) is 0 Å². The first-order valence-corrected chi connectivity index (χ1v) is 4.58. The third-order valence-corrected chi connectivity index (χ3v) is 2.22. The Kier molecular flexibility index (Phi) is 2.90. The predicted octanol–water partition coefficient (Wildman–Crippen LogP) is 2.08. The molecule has 15 heavy (non-hydrogen) atoms. The minimum Gasteiger partial charge on any atom is -0.504 e. The second-order valence-electron chi connectivity index (χ2n) is 3.99. The molecule has 0 aliphatic rings. The van der Waals surface area contributed by atoms with Crippen molar-refractivity contribution in [2.45, 2.75) is 26.4 Å². The summed E-state index contributed by atoms with van der Waals surface area (Å²) in [6.45, 7) is 4.66. The first-order valence-electron chi connectivity index (χ1n) is 4.58. The molecule has 1 aromatic carbocycles. The Labute approximate surface area is 88.1 Å². The van der Waals surface area contributed by atoms with Crippen LogP contribution in [0.2, 0.25) is 0 Å². The van der Waals surface area contributed by atoms with E-state index in [4.69, 9.17) is 4.74 Å². The standard InChI is InChI=1S/C11H15FO3/c1-6-5-7(12)10(15-4)9(13)8(6)11(2,3)14/h5,13-14H,1-4H3. The molecule has 0 spiro atoms. The molecule has 3 nitrogen and oxygen atoms in total. The van der Waals surface area contributed by atoms with Crippen LogP contribution in [0, 0.1) is 12.7 Å². The number of ether oxygens (including phenoxy) is 1. The third kappa shape index (κ3) is 2.04. The van der Waals surface area contributed by atoms with E-state index in [1.54, 1.807) is 6.92 Å². The maximum atomic E-state index is 13.3. The van der Waals surface area contributed by atoms with Gasteiger partial charge in [-0.1, -0.05) is 0 Å². The van der Waals surface area contributed by atoms with E-state index in [1.807, 2.05) is 0 Å². The summed E-state index contributed by atoms with van der Waals surface area (Å²) in [6, 6.07) is 1.23. The van der Waals surface area contributed by atoms with E-state index in [1.165, 1.54) is 27.0 Å². The zero-order chi connectivity index (χ0) is 11.8. The normalized spacial score (nSPS) is 11.6. The third-order valence-electron chi connectivity index (χ3n) is 2.22. The van der Waals surface area contributed by atoms with E-state index >= 15 is 0 Å². The van der Waals surface area contributed by atoms with Gasteiger partial charge in [-0.3, -0.25) is 0 Å². The summed E-state index contributed by atoms with van der Waals surface area (Å²) in [5.74, 6) is -1.22. The number of phenolic OH excluding ortho intramolecular Hbond substituents is 1. The van der Waals surface area contributed by atoms with Gasteiger partial charge in [0.2, 0.25) is 0 Å². The molecular formula is C11H15FO3. The lowest BCUT2D eigenvalue weighted by Gasteiger charge is -2.23. The van der Waals surface area contributed by atoms with E-state index in [-0.39, 0.29) is 17.1 Å². The maximum absolute atomic E-state index is 13.3. The van der Waals surface area contributed by atoms with Gasteiger partial charge in [0, 0.05) is 5.56 Å². The van der Waals surface area contributed by atoms with E-state index in [2.05, 4.69) is 0 Å². The minimum atomic E-state index is -1.24. The highest BCUT2D eigenvalue weighted by Gasteiger charge is 2.27. The SMILES string of the molecule is COc1c(F)cc(C)c(C(C)(C)O)c1O. The molecule has 0 radical (unpaired) electrons. The van der Waals surface area contributed by atoms with Crippen LogP contribution in [-0.2, 0) is 5.60 Å². The summed E-state index contributed by atoms with van der Waals surface area (Å²) in [7, 11) is 1.27. The molecule has 1 aromatic rings. The number of aryl methyl sites for hydroxylation is 1. The lowest BCUT2D eigenvalue weighted by molar-refractivity contribution is 0.0744. The Hall–Kier alpha value is -1.29. The highest BCUT2D eigenvalue weighted by atomic mass is 19.1. The van der Waals surface area contributed by atoms with Crippen LogP contribution in [0.1, 0.15) is 25.0 Å². The van der Waals surface area contributed by atoms with Crippen LogP contribution in [0.3, 0.4) is 0 Å². The largest absolute Gasteiger partial charge is 0.504 e. The van der Waals surface area contributed by atoms with Gasteiger partial charge in [0.25, 0.3) is 0 Å². The number of aliphatic hydroxyl groups is 1. The zero-order valence-electron chi connectivity index (χ0n) is 9.26. The Morgan fingerprint density at radius 3 is 2.33 bits per heavy atom. The zero-order valence-corrected chi connectivity index (χ0v) is 9.26. The molecule has 0 heterocycles. The topological polar surface area (TPSA) is 49.7 Å². The average molecular weight is 214 g/mol. The molecule has 0 aliphatic heterocycles. The lowest BCUT2D eigenvalue weighted by Crippen LogP contribution is -2.18. The van der Waals surface area contributed by atoms with E-state index in [9.17, 15) is 14.6 Å². The molecule has 2 N–H and O–H groups in total. The molecule has 1 rings (SSSR count). The van der Waals surface area contributed by atoms with Crippen LogP contribution in [0.15, 0.2) is 6.07 Å². The summed E-state index contributed by atoms with van der Waals surface area (Å²) < 4.78 is 18.0. The van der Waals surface area contributed by atoms with Crippen molar-refractivity contribution in [2.75, 3.05) is 7.11 Å². The number of aromatic hydroxyl groups is 1. The molecule has 0 amide bonds. The smallest absolute Gasteiger partial charge is 0.196 e. The predicted molar refractivity (Wildman–Crippen MR) is 54.6 cm³/mol. The summed E-state index contributed by atoms with van der Waals surface area (Å²) >= 11 is 0. The van der Waals surface area contributed by atoms with Gasteiger partial charge in [-0.05, 0) is 32.4 Å². The fourth-order valence-corrected chi connectivity index (χ4v) is 1.71. The molecule has 0 aromatic heterocycles. The molecule has 0 bridgehead atoms. The van der Waals surface area contributed by atoms with Gasteiger partial charge < -0.3 is 14.9 Å². The van der Waals surface area contributed by atoms with Crippen molar-refractivity contribution in [1.29, 1.82) is 0 Å². The number of hydrogen-bond donors (Lipinski definition) is 2. The second-order valence-corrected chi connectivity index (χ2v) is 3.99. The van der Waals surface area contributed by atoms with Crippen molar-refractivity contribution >= 4 is 0 Å². The summed E-state index contributed by atoms with van der Waals surface area (Å²) in [5, 5.41) is 19.6. The quantitative estimate of drug-likeness (QED) is 0.792. The van der Waals surface area contributed by atoms with Gasteiger partial charge in [0.15, 0.2) is 17.3 Å². The van der Waals surface area contributed by atoms with Crippen LogP contribution in [0.5, 0.6) is 11.5 Å². The highest BCUT2D eigenvalue weighted by Crippen LogP contribution is 2.40. The summed E-state index contributed by atoms with van der Waals surface area (Å²) in [5.41, 5.74) is -0.478. The minimum absolute atomic E-state index is 0.238. The Bertz CT molecular complexity index is 380. The number of rotatable bonds is 2. The average Bonchev–Trinajstić information content (AvgIpc) is 2.00. The first kappa shape index (κ1) is 11.8. The van der Waals surface area contributed by atoms with Crippen molar-refractivity contribution in [1.82, 2.24) is 0 Å². The molecule has 84 valence electrons. The Balaban J connectivity index is 3.53. The maximum Gasteiger partial charge on any atom is 0.196 e. The number of halogens is 1. The number of hydrogen-bond acceptors (Lipinski definition) is 3. The monoisotopic (exact) mass is 214 g/mol. The lowest BCUT2D eigenvalue weighted by atomic mass is 9.92. The van der Waals surface area contributed by atoms with Gasteiger partial charge in [-0.15, -0.1) is 0 Å². The van der Waals surface area contributed by atoms with E-state index in [0.717, 1.165) is 0 Å². The van der Waals surface area contributed by atoms with Crippen molar-refractivity contribution in [3.63, 3.8) is 0 Å². The van der Waals surface area contributed by atoms with Gasteiger partial charge in [-0.2, -0.15) is 0 Å². The van der Waals surface area contributed by atoms with Gasteiger partial charge in [0.1, 0.15) is 0 Å². The number of phenols is 1. The molecular weight excluding hydrogens is 199 g/mol. The van der Waals surface area contributed by atoms with Crippen LogP contribution in [-0.4, -0.2) is 17.3 Å².